The van der Waals surface area contributed by atoms with Gasteiger partial charge in [0.2, 0.25) is 0 Å². The molecule has 2 aliphatic rings. The maximum atomic E-state index is 13.3. The van der Waals surface area contributed by atoms with Crippen molar-refractivity contribution in [3.05, 3.63) is 70.3 Å². The van der Waals surface area contributed by atoms with Crippen molar-refractivity contribution in [1.29, 1.82) is 0 Å². The number of benzene rings is 2. The van der Waals surface area contributed by atoms with E-state index in [-0.39, 0.29) is 29.4 Å². The van der Waals surface area contributed by atoms with Crippen molar-refractivity contribution in [2.75, 3.05) is 19.7 Å². The lowest BCUT2D eigenvalue weighted by Gasteiger charge is -2.41. The number of hydrogen-bond donors (Lipinski definition) is 1. The number of halogens is 6. The third-order valence-electron chi connectivity index (χ3n) is 6.59. The molecule has 2 heterocycles. The van der Waals surface area contributed by atoms with Crippen molar-refractivity contribution in [2.45, 2.75) is 44.5 Å². The van der Waals surface area contributed by atoms with Crippen LogP contribution in [0, 0.1) is 18.8 Å². The summed E-state index contributed by atoms with van der Waals surface area (Å²) in [4.78, 5) is 0. The van der Waals surface area contributed by atoms with Crippen LogP contribution >= 0.6 is 0 Å². The van der Waals surface area contributed by atoms with E-state index < -0.39 is 35.9 Å². The van der Waals surface area contributed by atoms with Gasteiger partial charge in [0, 0.05) is 12.5 Å². The first-order valence-electron chi connectivity index (χ1n) is 10.8. The Morgan fingerprint density at radius 2 is 1.61 bits per heavy atom. The molecule has 9 heteroatoms. The molecule has 0 saturated carbocycles. The molecule has 2 aliphatic heterocycles. The molecule has 2 aromatic rings. The third kappa shape index (κ3) is 5.05. The van der Waals surface area contributed by atoms with E-state index in [0.717, 1.165) is 24.2 Å². The Bertz CT molecular complexity index is 957. The molecule has 2 aromatic carbocycles. The van der Waals surface area contributed by atoms with E-state index in [1.54, 1.807) is 0 Å². The van der Waals surface area contributed by atoms with Crippen LogP contribution < -0.4 is 5.32 Å². The highest BCUT2D eigenvalue weighted by atomic mass is 19.4. The number of fused-ring (bicyclic) bond motifs is 1. The number of aryl methyl sites for hydroxylation is 1. The summed E-state index contributed by atoms with van der Waals surface area (Å²) in [5.41, 5.74) is -0.881. The highest BCUT2D eigenvalue weighted by Crippen LogP contribution is 2.44. The van der Waals surface area contributed by atoms with Gasteiger partial charge in [0.1, 0.15) is 0 Å². The molecule has 0 bridgehead atoms. The quantitative estimate of drug-likeness (QED) is 0.546. The fourth-order valence-corrected chi connectivity index (χ4v) is 4.84. The Morgan fingerprint density at radius 1 is 0.970 bits per heavy atom. The van der Waals surface area contributed by atoms with E-state index in [1.165, 1.54) is 6.92 Å². The Labute approximate surface area is 188 Å². The van der Waals surface area contributed by atoms with Crippen molar-refractivity contribution in [3.8, 4) is 0 Å². The third-order valence-corrected chi connectivity index (χ3v) is 6.59. The summed E-state index contributed by atoms with van der Waals surface area (Å²) in [5, 5.41) is 3.35. The molecule has 0 amide bonds. The minimum Gasteiger partial charge on any atom is -0.352 e. The highest BCUT2D eigenvalue weighted by Gasteiger charge is 2.45. The van der Waals surface area contributed by atoms with Crippen LogP contribution in [-0.4, -0.2) is 26.0 Å². The molecule has 3 nitrogen and oxygen atoms in total. The number of rotatable bonds is 4. The van der Waals surface area contributed by atoms with Crippen molar-refractivity contribution >= 4 is 0 Å². The molecule has 2 saturated heterocycles. The molecule has 0 spiro atoms. The predicted octanol–water partition coefficient (Wildman–Crippen LogP) is 6.09. The van der Waals surface area contributed by atoms with Gasteiger partial charge in [-0.25, -0.2) is 0 Å². The van der Waals surface area contributed by atoms with Crippen LogP contribution in [0.3, 0.4) is 0 Å². The molecule has 2 fully saturated rings. The fourth-order valence-electron chi connectivity index (χ4n) is 4.84. The average molecular weight is 473 g/mol. The molecular formula is C24H25F6NO2. The summed E-state index contributed by atoms with van der Waals surface area (Å²) < 4.78 is 91.8. The Morgan fingerprint density at radius 3 is 2.21 bits per heavy atom. The molecule has 33 heavy (non-hydrogen) atoms. The summed E-state index contributed by atoms with van der Waals surface area (Å²) in [6, 6.07) is 9.29. The Hall–Kier alpha value is -2.10. The molecule has 1 N–H and O–H groups in total. The second kappa shape index (κ2) is 8.92. The van der Waals surface area contributed by atoms with E-state index >= 15 is 0 Å². The predicted molar refractivity (Wildman–Crippen MR) is 109 cm³/mol. The van der Waals surface area contributed by atoms with Gasteiger partial charge in [0.15, 0.2) is 6.29 Å². The Balaban J connectivity index is 1.67. The van der Waals surface area contributed by atoms with Crippen molar-refractivity contribution < 1.29 is 35.8 Å². The smallest absolute Gasteiger partial charge is 0.352 e. The van der Waals surface area contributed by atoms with Gasteiger partial charge in [0.05, 0.1) is 23.8 Å². The van der Waals surface area contributed by atoms with Crippen LogP contribution in [0.4, 0.5) is 26.3 Å². The van der Waals surface area contributed by atoms with Crippen molar-refractivity contribution in [1.82, 2.24) is 5.32 Å². The van der Waals surface area contributed by atoms with Gasteiger partial charge < -0.3 is 14.8 Å². The topological polar surface area (TPSA) is 30.5 Å². The number of hydrogen-bond acceptors (Lipinski definition) is 3. The molecule has 1 unspecified atom stereocenters. The lowest BCUT2D eigenvalue weighted by molar-refractivity contribution is -0.217. The van der Waals surface area contributed by atoms with Crippen LogP contribution in [0.5, 0.6) is 0 Å². The summed E-state index contributed by atoms with van der Waals surface area (Å²) in [5.74, 6) is 0.245. The molecule has 4 rings (SSSR count). The lowest BCUT2D eigenvalue weighted by atomic mass is 9.76. The zero-order valence-corrected chi connectivity index (χ0v) is 18.1. The molecular weight excluding hydrogens is 448 g/mol. The van der Waals surface area contributed by atoms with Crippen LogP contribution in [0.25, 0.3) is 0 Å². The summed E-state index contributed by atoms with van der Waals surface area (Å²) >= 11 is 0. The van der Waals surface area contributed by atoms with E-state index in [9.17, 15) is 26.3 Å². The van der Waals surface area contributed by atoms with E-state index in [2.05, 4.69) is 5.32 Å². The zero-order chi connectivity index (χ0) is 24.0. The number of ether oxygens (including phenoxy) is 2. The van der Waals surface area contributed by atoms with E-state index in [1.807, 2.05) is 31.2 Å². The standard InChI is InChI=1S/C24H25F6NO2/c1-13-5-3-4-6-19(13)21-20-11-31-10-16(20)12-32-22(21)33-14(2)15-7-17(23(25,26)27)9-18(8-15)24(28,29)30/h3-9,14,16,20-22,31H,10-12H2,1-2H3/t14-,16+,20-,21+,22?/m1/s1. The average Bonchev–Trinajstić information content (AvgIpc) is 3.21. The monoisotopic (exact) mass is 473 g/mol. The van der Waals surface area contributed by atoms with Crippen molar-refractivity contribution in [3.63, 3.8) is 0 Å². The first-order valence-corrected chi connectivity index (χ1v) is 10.8. The maximum Gasteiger partial charge on any atom is 0.416 e. The fraction of sp³-hybridized carbons (Fsp3) is 0.500. The summed E-state index contributed by atoms with van der Waals surface area (Å²) in [6.07, 6.45) is -11.7. The number of alkyl halides is 6. The second-order valence-corrected chi connectivity index (χ2v) is 8.78. The zero-order valence-electron chi connectivity index (χ0n) is 18.1. The molecule has 0 radical (unpaired) electrons. The largest absolute Gasteiger partial charge is 0.416 e. The molecule has 180 valence electrons. The first-order chi connectivity index (χ1) is 15.4. The van der Waals surface area contributed by atoms with E-state index in [4.69, 9.17) is 9.47 Å². The second-order valence-electron chi connectivity index (χ2n) is 8.78. The SMILES string of the molecule is Cc1ccccc1[C@@H]1C(O[C@H](C)c2cc(C(F)(F)F)cc(C(F)(F)F)c2)OC[C@@H]2CNC[C@H]21. The number of nitrogens with one attached hydrogen (secondary N) is 1. The summed E-state index contributed by atoms with van der Waals surface area (Å²) in [7, 11) is 0. The van der Waals surface area contributed by atoms with Gasteiger partial charge in [-0.3, -0.25) is 0 Å². The summed E-state index contributed by atoms with van der Waals surface area (Å²) in [6.45, 7) is 5.35. The van der Waals surface area contributed by atoms with E-state index in [0.29, 0.717) is 18.7 Å². The van der Waals surface area contributed by atoms with Gasteiger partial charge in [-0.05, 0) is 67.1 Å². The van der Waals surface area contributed by atoms with Crippen molar-refractivity contribution in [2.24, 2.45) is 11.8 Å². The van der Waals surface area contributed by atoms with Crippen LogP contribution in [0.2, 0.25) is 0 Å². The van der Waals surface area contributed by atoms with Gasteiger partial charge >= 0.3 is 12.4 Å². The van der Waals surface area contributed by atoms with Crippen LogP contribution in [0.1, 0.15) is 46.8 Å². The first kappa shape index (κ1) is 24.0. The van der Waals surface area contributed by atoms with Gasteiger partial charge in [-0.15, -0.1) is 0 Å². The highest BCUT2D eigenvalue weighted by molar-refractivity contribution is 5.35. The maximum absolute atomic E-state index is 13.3. The van der Waals surface area contributed by atoms with Gasteiger partial charge in [-0.2, -0.15) is 26.3 Å². The molecule has 5 atom stereocenters. The van der Waals surface area contributed by atoms with Gasteiger partial charge in [0.25, 0.3) is 0 Å². The molecule has 0 aliphatic carbocycles. The van der Waals surface area contributed by atoms with Crippen LogP contribution in [0.15, 0.2) is 42.5 Å². The van der Waals surface area contributed by atoms with Gasteiger partial charge in [-0.1, -0.05) is 24.3 Å². The molecule has 0 aromatic heterocycles. The minimum atomic E-state index is -4.91. The van der Waals surface area contributed by atoms with Crippen LogP contribution in [-0.2, 0) is 21.8 Å². The lowest BCUT2D eigenvalue weighted by Crippen LogP contribution is -2.42. The Kier molecular flexibility index (Phi) is 6.50. The normalized spacial score (nSPS) is 26.8. The minimum absolute atomic E-state index is 0.123.